The van der Waals surface area contributed by atoms with Crippen LogP contribution in [0.5, 0.6) is 5.75 Å². The zero-order valence-corrected chi connectivity index (χ0v) is 22.8. The van der Waals surface area contributed by atoms with Gasteiger partial charge in [-0.3, -0.25) is 9.89 Å². The standard InChI is InChI=1S/C32H33ClN4O2/c1-37-22-11-12-23(37)18-25(17-22)39-24-13-8-20(9-14-24)31-27-16-21(10-15-29(27)35-36-31)32(38)34-30(19-6-7-19)26-4-2-3-5-28(26)33/h2-5,8-10,13-16,19,22-23,25,30H,6-7,11-12,17-18H2,1H3,(H,34,38)(H,35,36)/t22-,23+,25?,30?. The number of fused-ring (bicyclic) bond motifs is 3. The number of aromatic nitrogens is 2. The monoisotopic (exact) mass is 540 g/mol. The molecular weight excluding hydrogens is 508 g/mol. The molecular formula is C32H33ClN4O2. The summed E-state index contributed by atoms with van der Waals surface area (Å²) in [6.45, 7) is 0. The van der Waals surface area contributed by atoms with Crippen LogP contribution in [0.2, 0.25) is 5.02 Å². The van der Waals surface area contributed by atoms with Crippen molar-refractivity contribution < 1.29 is 9.53 Å². The van der Waals surface area contributed by atoms with E-state index in [1.165, 1.54) is 12.8 Å². The Hall–Kier alpha value is -3.35. The molecule has 4 atom stereocenters. The van der Waals surface area contributed by atoms with E-state index in [4.69, 9.17) is 16.3 Å². The van der Waals surface area contributed by atoms with Gasteiger partial charge >= 0.3 is 0 Å². The molecule has 6 nitrogen and oxygen atoms in total. The van der Waals surface area contributed by atoms with Crippen molar-refractivity contribution in [1.29, 1.82) is 0 Å². The van der Waals surface area contributed by atoms with Crippen LogP contribution in [-0.2, 0) is 0 Å². The van der Waals surface area contributed by atoms with Crippen molar-refractivity contribution in [2.75, 3.05) is 7.05 Å². The number of aromatic amines is 1. The number of nitrogens with zero attached hydrogens (tertiary/aromatic N) is 2. The molecule has 7 rings (SSSR count). The first-order chi connectivity index (χ1) is 19.0. The first kappa shape index (κ1) is 24.7. The second-order valence-electron chi connectivity index (χ2n) is 11.4. The number of carbonyl (C=O) groups is 1. The van der Waals surface area contributed by atoms with Crippen LogP contribution in [0.4, 0.5) is 0 Å². The molecule has 39 heavy (non-hydrogen) atoms. The molecule has 2 saturated heterocycles. The summed E-state index contributed by atoms with van der Waals surface area (Å²) >= 11 is 6.48. The van der Waals surface area contributed by atoms with Gasteiger partial charge < -0.3 is 15.0 Å². The van der Waals surface area contributed by atoms with Crippen molar-refractivity contribution >= 4 is 28.4 Å². The Morgan fingerprint density at radius 2 is 1.77 bits per heavy atom. The van der Waals surface area contributed by atoms with Gasteiger partial charge in [0.05, 0.1) is 17.3 Å². The van der Waals surface area contributed by atoms with E-state index in [0.29, 0.717) is 28.6 Å². The van der Waals surface area contributed by atoms with E-state index in [2.05, 4.69) is 39.6 Å². The minimum Gasteiger partial charge on any atom is -0.490 e. The van der Waals surface area contributed by atoms with Crippen molar-refractivity contribution in [2.24, 2.45) is 5.92 Å². The lowest BCUT2D eigenvalue weighted by Gasteiger charge is -2.36. The van der Waals surface area contributed by atoms with E-state index >= 15 is 0 Å². The number of halogens is 1. The second-order valence-corrected chi connectivity index (χ2v) is 11.8. The first-order valence-electron chi connectivity index (χ1n) is 14.1. The molecule has 3 aromatic carbocycles. The Bertz CT molecular complexity index is 1500. The van der Waals surface area contributed by atoms with E-state index in [9.17, 15) is 4.79 Å². The molecule has 7 heteroatoms. The molecule has 3 fully saturated rings. The van der Waals surface area contributed by atoms with Crippen LogP contribution in [0, 0.1) is 5.92 Å². The van der Waals surface area contributed by atoms with Crippen molar-refractivity contribution in [3.05, 3.63) is 82.9 Å². The third-order valence-electron chi connectivity index (χ3n) is 8.93. The van der Waals surface area contributed by atoms with Crippen LogP contribution in [-0.4, -0.2) is 46.2 Å². The highest BCUT2D eigenvalue weighted by molar-refractivity contribution is 6.31. The number of nitrogens with one attached hydrogen (secondary N) is 2. The molecule has 4 aromatic rings. The van der Waals surface area contributed by atoms with E-state index in [1.54, 1.807) is 0 Å². The van der Waals surface area contributed by atoms with Crippen LogP contribution in [0.1, 0.15) is 60.5 Å². The summed E-state index contributed by atoms with van der Waals surface area (Å²) in [6.07, 6.45) is 7.24. The van der Waals surface area contributed by atoms with Crippen molar-refractivity contribution in [1.82, 2.24) is 20.4 Å². The average molecular weight is 541 g/mol. The van der Waals surface area contributed by atoms with Crippen LogP contribution in [0.25, 0.3) is 22.2 Å². The molecule has 1 aliphatic carbocycles. The highest BCUT2D eigenvalue weighted by atomic mass is 35.5. The molecule has 2 N–H and O–H groups in total. The summed E-state index contributed by atoms with van der Waals surface area (Å²) in [5.41, 5.74) is 4.30. The van der Waals surface area contributed by atoms with Gasteiger partial charge in [0.15, 0.2) is 0 Å². The third-order valence-corrected chi connectivity index (χ3v) is 9.28. The normalized spacial score (nSPS) is 23.6. The zero-order chi connectivity index (χ0) is 26.5. The van der Waals surface area contributed by atoms with Crippen LogP contribution in [0.3, 0.4) is 0 Å². The van der Waals surface area contributed by atoms with Gasteiger partial charge in [-0.2, -0.15) is 5.10 Å². The number of hydrogen-bond donors (Lipinski definition) is 2. The quantitative estimate of drug-likeness (QED) is 0.271. The second kappa shape index (κ2) is 10.00. The van der Waals surface area contributed by atoms with Crippen LogP contribution in [0.15, 0.2) is 66.7 Å². The molecule has 0 radical (unpaired) electrons. The number of rotatable bonds is 7. The van der Waals surface area contributed by atoms with Gasteiger partial charge in [0.2, 0.25) is 0 Å². The Balaban J connectivity index is 1.09. The Kier molecular flexibility index (Phi) is 6.32. The number of carbonyl (C=O) groups excluding carboxylic acids is 1. The van der Waals surface area contributed by atoms with Gasteiger partial charge in [-0.25, -0.2) is 0 Å². The zero-order valence-electron chi connectivity index (χ0n) is 22.1. The summed E-state index contributed by atoms with van der Waals surface area (Å²) < 4.78 is 6.38. The number of H-pyrrole nitrogens is 1. The fourth-order valence-electron chi connectivity index (χ4n) is 6.55. The smallest absolute Gasteiger partial charge is 0.251 e. The lowest BCUT2D eigenvalue weighted by atomic mass is 10.0. The maximum atomic E-state index is 13.4. The van der Waals surface area contributed by atoms with Crippen LogP contribution >= 0.6 is 11.6 Å². The van der Waals surface area contributed by atoms with E-state index in [-0.39, 0.29) is 18.1 Å². The molecule has 0 spiro atoms. The fraction of sp³-hybridized carbons (Fsp3) is 0.375. The van der Waals surface area contributed by atoms with E-state index < -0.39 is 0 Å². The van der Waals surface area contributed by atoms with Gasteiger partial charge in [-0.15, -0.1) is 0 Å². The van der Waals surface area contributed by atoms with Crippen molar-refractivity contribution in [2.45, 2.75) is 62.8 Å². The summed E-state index contributed by atoms with van der Waals surface area (Å²) in [5, 5.41) is 12.6. The predicted octanol–water partition coefficient (Wildman–Crippen LogP) is 6.77. The average Bonchev–Trinajstić information content (AvgIpc) is 3.67. The number of hydrogen-bond acceptors (Lipinski definition) is 4. The maximum absolute atomic E-state index is 13.4. The molecule has 1 aromatic heterocycles. The number of piperidine rings is 1. The third kappa shape index (κ3) is 4.81. The van der Waals surface area contributed by atoms with Crippen molar-refractivity contribution in [3.63, 3.8) is 0 Å². The largest absolute Gasteiger partial charge is 0.490 e. The highest BCUT2D eigenvalue weighted by Gasteiger charge is 2.39. The van der Waals surface area contributed by atoms with Gasteiger partial charge in [-0.05, 0) is 106 Å². The molecule has 3 aliphatic rings. The summed E-state index contributed by atoms with van der Waals surface area (Å²) in [6, 6.07) is 22.9. The molecule has 3 heterocycles. The summed E-state index contributed by atoms with van der Waals surface area (Å²) in [7, 11) is 2.25. The minimum absolute atomic E-state index is 0.0852. The molecule has 2 unspecified atom stereocenters. The maximum Gasteiger partial charge on any atom is 0.251 e. The van der Waals surface area contributed by atoms with Gasteiger partial charge in [-0.1, -0.05) is 29.8 Å². The topological polar surface area (TPSA) is 70.2 Å². The first-order valence-corrected chi connectivity index (χ1v) is 14.4. The molecule has 1 amide bonds. The van der Waals surface area contributed by atoms with E-state index in [0.717, 1.165) is 59.2 Å². The fourth-order valence-corrected chi connectivity index (χ4v) is 6.80. The van der Waals surface area contributed by atoms with E-state index in [1.807, 2.05) is 54.6 Å². The number of benzene rings is 3. The minimum atomic E-state index is -0.100. The predicted molar refractivity (Wildman–Crippen MR) is 154 cm³/mol. The van der Waals surface area contributed by atoms with Crippen molar-refractivity contribution in [3.8, 4) is 17.0 Å². The Labute approximate surface area is 233 Å². The number of amides is 1. The lowest BCUT2D eigenvalue weighted by Crippen LogP contribution is -2.43. The van der Waals surface area contributed by atoms with Gasteiger partial charge in [0.25, 0.3) is 5.91 Å². The van der Waals surface area contributed by atoms with Crippen LogP contribution < -0.4 is 10.1 Å². The Morgan fingerprint density at radius 1 is 1.03 bits per heavy atom. The lowest BCUT2D eigenvalue weighted by molar-refractivity contribution is 0.0662. The molecule has 2 bridgehead atoms. The molecule has 1 saturated carbocycles. The summed E-state index contributed by atoms with van der Waals surface area (Å²) in [5.74, 6) is 1.22. The van der Waals surface area contributed by atoms with Gasteiger partial charge in [0, 0.05) is 33.6 Å². The number of ether oxygens (including phenoxy) is 1. The SMILES string of the molecule is CN1[C@@H]2CC[C@H]1CC(Oc1ccc(-c3n[nH]c4ccc(C(=O)NC(c5ccccc5Cl)C5CC5)cc34)cc1)C2. The molecule has 200 valence electrons. The van der Waals surface area contributed by atoms with Gasteiger partial charge in [0.1, 0.15) is 11.9 Å². The molecule has 2 aliphatic heterocycles. The Morgan fingerprint density at radius 3 is 2.49 bits per heavy atom. The summed E-state index contributed by atoms with van der Waals surface area (Å²) in [4.78, 5) is 15.9. The highest BCUT2D eigenvalue weighted by Crippen LogP contribution is 2.43.